The molecule has 4 nitrogen and oxygen atoms in total. The molecule has 2 aromatic carbocycles. The maximum absolute atomic E-state index is 13.3. The molecule has 27 heavy (non-hydrogen) atoms. The molecule has 0 fully saturated rings. The number of carbonyl (C=O) groups is 1. The molecule has 3 rings (SSSR count). The third kappa shape index (κ3) is 4.92. The van der Waals surface area contributed by atoms with Crippen LogP contribution in [0.5, 0.6) is 0 Å². The van der Waals surface area contributed by atoms with Crippen LogP contribution in [0.25, 0.3) is 0 Å². The second-order valence-electron chi connectivity index (χ2n) is 7.01. The number of benzene rings is 2. The summed E-state index contributed by atoms with van der Waals surface area (Å²) in [5.74, 6) is 0.307. The molecule has 0 unspecified atom stereocenters. The fourth-order valence-corrected chi connectivity index (χ4v) is 3.41. The molecule has 2 atom stereocenters. The minimum Gasteiger partial charge on any atom is -0.283 e. The summed E-state index contributed by atoms with van der Waals surface area (Å²) in [4.78, 5) is 19.7. The quantitative estimate of drug-likeness (QED) is 0.587. The molecule has 0 N–H and O–H groups in total. The zero-order valence-corrected chi connectivity index (χ0v) is 16.0. The van der Waals surface area contributed by atoms with Crippen LogP contribution in [0.3, 0.4) is 0 Å². The first-order chi connectivity index (χ1) is 13.2. The Bertz CT molecular complexity index is 774. The van der Waals surface area contributed by atoms with Crippen molar-refractivity contribution in [1.82, 2.24) is 14.5 Å². The van der Waals surface area contributed by atoms with Gasteiger partial charge in [-0.1, -0.05) is 80.9 Å². The van der Waals surface area contributed by atoms with Gasteiger partial charge in [-0.05, 0) is 17.0 Å². The zero-order valence-electron chi connectivity index (χ0n) is 16.0. The SMILES string of the molecule is CC[C@H](C)[C@H](C(=O)n1ccnc1)N(Cc1ccccc1)Cc1ccccc1. The van der Waals surface area contributed by atoms with E-state index in [1.165, 1.54) is 11.1 Å². The largest absolute Gasteiger partial charge is 0.283 e. The molecule has 0 bridgehead atoms. The summed E-state index contributed by atoms with van der Waals surface area (Å²) in [5.41, 5.74) is 2.42. The monoisotopic (exact) mass is 361 g/mol. The fraction of sp³-hybridized carbons (Fsp3) is 0.304. The second-order valence-corrected chi connectivity index (χ2v) is 7.01. The highest BCUT2D eigenvalue weighted by atomic mass is 16.2. The molecule has 140 valence electrons. The van der Waals surface area contributed by atoms with Crippen LogP contribution in [0.4, 0.5) is 0 Å². The topological polar surface area (TPSA) is 38.1 Å². The highest BCUT2D eigenvalue weighted by molar-refractivity contribution is 5.84. The van der Waals surface area contributed by atoms with Crippen LogP contribution in [0.1, 0.15) is 36.2 Å². The smallest absolute Gasteiger partial charge is 0.249 e. The lowest BCUT2D eigenvalue weighted by molar-refractivity contribution is 0.0601. The van der Waals surface area contributed by atoms with Crippen molar-refractivity contribution >= 4 is 5.91 Å². The fourth-order valence-electron chi connectivity index (χ4n) is 3.41. The molecule has 0 aliphatic carbocycles. The number of carbonyl (C=O) groups excluding carboxylic acids is 1. The van der Waals surface area contributed by atoms with Crippen LogP contribution in [0.2, 0.25) is 0 Å². The number of aromatic nitrogens is 2. The first-order valence-electron chi connectivity index (χ1n) is 9.53. The van der Waals surface area contributed by atoms with E-state index < -0.39 is 0 Å². The standard InChI is InChI=1S/C23H27N3O/c1-3-19(2)22(23(27)25-15-14-24-18-25)26(16-20-10-6-4-7-11-20)17-21-12-8-5-9-13-21/h4-15,18-19,22H,3,16-17H2,1-2H3/t19-,22+/m0/s1. The van der Waals surface area contributed by atoms with E-state index in [4.69, 9.17) is 0 Å². The van der Waals surface area contributed by atoms with Crippen LogP contribution in [-0.4, -0.2) is 26.4 Å². The Kier molecular flexibility index (Phi) is 6.55. The van der Waals surface area contributed by atoms with Gasteiger partial charge in [0, 0.05) is 25.5 Å². The molecule has 1 aromatic heterocycles. The van der Waals surface area contributed by atoms with E-state index in [2.05, 4.69) is 48.0 Å². The summed E-state index contributed by atoms with van der Waals surface area (Å²) in [6, 6.07) is 20.5. The molecule has 1 heterocycles. The van der Waals surface area contributed by atoms with Gasteiger partial charge in [0.25, 0.3) is 0 Å². The molecule has 0 aliphatic rings. The van der Waals surface area contributed by atoms with Gasteiger partial charge >= 0.3 is 0 Å². The number of imidazole rings is 1. The Balaban J connectivity index is 1.94. The average Bonchev–Trinajstić information content (AvgIpc) is 3.24. The third-order valence-electron chi connectivity index (χ3n) is 5.05. The second kappa shape index (κ2) is 9.28. The summed E-state index contributed by atoms with van der Waals surface area (Å²) >= 11 is 0. The first-order valence-corrected chi connectivity index (χ1v) is 9.53. The van der Waals surface area contributed by atoms with Gasteiger partial charge in [-0.15, -0.1) is 0 Å². The van der Waals surface area contributed by atoms with Crippen LogP contribution in [0.15, 0.2) is 79.4 Å². The van der Waals surface area contributed by atoms with Crippen LogP contribution < -0.4 is 0 Å². The van der Waals surface area contributed by atoms with E-state index in [0.717, 1.165) is 19.5 Å². The van der Waals surface area contributed by atoms with Crippen molar-refractivity contribution in [2.24, 2.45) is 5.92 Å². The molecular weight excluding hydrogens is 334 g/mol. The molecule has 0 saturated carbocycles. The van der Waals surface area contributed by atoms with Gasteiger partial charge in [0.2, 0.25) is 5.91 Å². The van der Waals surface area contributed by atoms with Crippen molar-refractivity contribution < 1.29 is 4.79 Å². The van der Waals surface area contributed by atoms with E-state index in [9.17, 15) is 4.79 Å². The Hall–Kier alpha value is -2.72. The van der Waals surface area contributed by atoms with Crippen LogP contribution >= 0.6 is 0 Å². The average molecular weight is 361 g/mol. The Morgan fingerprint density at radius 3 is 2.00 bits per heavy atom. The summed E-state index contributed by atoms with van der Waals surface area (Å²) in [7, 11) is 0. The van der Waals surface area contributed by atoms with Gasteiger partial charge in [-0.3, -0.25) is 14.3 Å². The lowest BCUT2D eigenvalue weighted by Crippen LogP contribution is -2.46. The summed E-state index contributed by atoms with van der Waals surface area (Å²) < 4.78 is 1.61. The first kappa shape index (κ1) is 19.1. The molecule has 0 saturated heterocycles. The summed E-state index contributed by atoms with van der Waals surface area (Å²) in [6.45, 7) is 5.75. The van der Waals surface area contributed by atoms with Gasteiger partial charge in [-0.25, -0.2) is 4.98 Å². The van der Waals surface area contributed by atoms with Crippen LogP contribution in [0, 0.1) is 5.92 Å². The van der Waals surface area contributed by atoms with Crippen molar-refractivity contribution in [3.63, 3.8) is 0 Å². The highest BCUT2D eigenvalue weighted by Gasteiger charge is 2.31. The minimum atomic E-state index is -0.218. The molecule has 0 spiro atoms. The van der Waals surface area contributed by atoms with E-state index in [-0.39, 0.29) is 17.9 Å². The minimum absolute atomic E-state index is 0.0775. The van der Waals surface area contributed by atoms with Gasteiger partial charge in [0.05, 0.1) is 6.04 Å². The lowest BCUT2D eigenvalue weighted by Gasteiger charge is -2.34. The van der Waals surface area contributed by atoms with Crippen molar-refractivity contribution in [3.05, 3.63) is 90.5 Å². The van der Waals surface area contributed by atoms with Gasteiger partial charge in [-0.2, -0.15) is 0 Å². The predicted octanol–water partition coefficient (Wildman–Crippen LogP) is 4.64. The van der Waals surface area contributed by atoms with E-state index in [1.807, 2.05) is 36.4 Å². The van der Waals surface area contributed by atoms with E-state index >= 15 is 0 Å². The number of hydrogen-bond acceptors (Lipinski definition) is 3. The van der Waals surface area contributed by atoms with Gasteiger partial charge in [0.1, 0.15) is 6.33 Å². The maximum atomic E-state index is 13.3. The normalized spacial score (nSPS) is 13.4. The molecule has 4 heteroatoms. The Morgan fingerprint density at radius 1 is 1.00 bits per heavy atom. The number of hydrogen-bond donors (Lipinski definition) is 0. The molecule has 0 radical (unpaired) electrons. The maximum Gasteiger partial charge on any atom is 0.249 e. The number of rotatable bonds is 8. The number of nitrogens with zero attached hydrogens (tertiary/aromatic N) is 3. The molecular formula is C23H27N3O. The summed E-state index contributed by atoms with van der Waals surface area (Å²) in [5, 5.41) is 0. The van der Waals surface area contributed by atoms with Crippen molar-refractivity contribution in [1.29, 1.82) is 0 Å². The Morgan fingerprint density at radius 2 is 1.56 bits per heavy atom. The van der Waals surface area contributed by atoms with Crippen LogP contribution in [-0.2, 0) is 13.1 Å². The third-order valence-corrected chi connectivity index (χ3v) is 5.05. The summed E-state index contributed by atoms with van der Waals surface area (Å²) in [6.07, 6.45) is 5.93. The van der Waals surface area contributed by atoms with Crippen molar-refractivity contribution in [3.8, 4) is 0 Å². The molecule has 3 aromatic rings. The van der Waals surface area contributed by atoms with E-state index in [0.29, 0.717) is 0 Å². The van der Waals surface area contributed by atoms with Gasteiger partial charge in [0.15, 0.2) is 0 Å². The van der Waals surface area contributed by atoms with Crippen molar-refractivity contribution in [2.75, 3.05) is 0 Å². The lowest BCUT2D eigenvalue weighted by atomic mass is 9.95. The molecule has 0 aliphatic heterocycles. The Labute approximate surface area is 161 Å². The predicted molar refractivity (Wildman–Crippen MR) is 108 cm³/mol. The zero-order chi connectivity index (χ0) is 19.1. The van der Waals surface area contributed by atoms with Crippen molar-refractivity contribution in [2.45, 2.75) is 39.4 Å². The highest BCUT2D eigenvalue weighted by Crippen LogP contribution is 2.22. The van der Waals surface area contributed by atoms with E-state index in [1.54, 1.807) is 23.3 Å². The molecule has 0 amide bonds. The van der Waals surface area contributed by atoms with Gasteiger partial charge < -0.3 is 0 Å².